The van der Waals surface area contributed by atoms with Crippen LogP contribution in [0.1, 0.15) is 10.4 Å². The summed E-state index contributed by atoms with van der Waals surface area (Å²) in [6, 6.07) is 3.93. The molecule has 7 heteroatoms. The van der Waals surface area contributed by atoms with Crippen molar-refractivity contribution in [3.63, 3.8) is 0 Å². The molecular weight excluding hydrogens is 292 g/mol. The summed E-state index contributed by atoms with van der Waals surface area (Å²) in [5.41, 5.74) is 0.199. The van der Waals surface area contributed by atoms with E-state index < -0.39 is 12.0 Å². The lowest BCUT2D eigenvalue weighted by atomic mass is 10.1. The summed E-state index contributed by atoms with van der Waals surface area (Å²) in [6.45, 7) is 4.09. The number of thioether (sulfide) groups is 1. The summed E-state index contributed by atoms with van der Waals surface area (Å²) in [5, 5.41) is 14.3. The Kier molecular flexibility index (Phi) is 7.17. The van der Waals surface area contributed by atoms with Crippen molar-refractivity contribution < 1.29 is 19.4 Å². The van der Waals surface area contributed by atoms with Crippen LogP contribution in [0, 0.1) is 0 Å². The van der Waals surface area contributed by atoms with Gasteiger partial charge in [0.25, 0.3) is 0 Å². The third-order valence-electron chi connectivity index (χ3n) is 2.47. The maximum absolute atomic E-state index is 11.7. The summed E-state index contributed by atoms with van der Waals surface area (Å²) in [7, 11) is 1.47. The Morgan fingerprint density at radius 2 is 2.24 bits per heavy atom. The number of urea groups is 1. The molecular formula is C14H18N2O4S. The van der Waals surface area contributed by atoms with Gasteiger partial charge in [0.2, 0.25) is 0 Å². The highest BCUT2D eigenvalue weighted by Gasteiger charge is 2.13. The number of nitrogens with one attached hydrogen (secondary N) is 2. The average Bonchev–Trinajstić information content (AvgIpc) is 2.46. The number of ether oxygens (including phenoxy) is 1. The van der Waals surface area contributed by atoms with E-state index in [1.54, 1.807) is 17.8 Å². The van der Waals surface area contributed by atoms with E-state index in [0.717, 1.165) is 11.5 Å². The molecule has 0 unspecified atom stereocenters. The van der Waals surface area contributed by atoms with Crippen LogP contribution in [0.5, 0.6) is 5.75 Å². The minimum absolute atomic E-state index is 0.00647. The largest absolute Gasteiger partial charge is 0.497 e. The predicted molar refractivity (Wildman–Crippen MR) is 84.5 cm³/mol. The van der Waals surface area contributed by atoms with E-state index in [4.69, 9.17) is 9.84 Å². The fourth-order valence-electron chi connectivity index (χ4n) is 1.51. The number of carbonyl (C=O) groups excluding carboxylic acids is 1. The first-order valence-corrected chi connectivity index (χ1v) is 7.38. The SMILES string of the molecule is C=CCSCCNC(=O)Nc1cc(OC)ccc1C(=O)O. The number of amides is 2. The highest BCUT2D eigenvalue weighted by Crippen LogP contribution is 2.22. The number of carboxylic acid groups (broad SMARTS) is 1. The van der Waals surface area contributed by atoms with E-state index in [1.807, 2.05) is 0 Å². The summed E-state index contributed by atoms with van der Waals surface area (Å²) in [5.74, 6) is 0.928. The zero-order valence-corrected chi connectivity index (χ0v) is 12.5. The van der Waals surface area contributed by atoms with E-state index in [-0.39, 0.29) is 11.3 Å². The van der Waals surface area contributed by atoms with Crippen LogP contribution in [0.15, 0.2) is 30.9 Å². The van der Waals surface area contributed by atoms with Crippen LogP contribution < -0.4 is 15.4 Å². The van der Waals surface area contributed by atoms with Gasteiger partial charge in [0.15, 0.2) is 0 Å². The normalized spacial score (nSPS) is 9.76. The highest BCUT2D eigenvalue weighted by atomic mass is 32.2. The maximum atomic E-state index is 11.7. The number of aromatic carboxylic acids is 1. The average molecular weight is 310 g/mol. The molecule has 6 nitrogen and oxygen atoms in total. The summed E-state index contributed by atoms with van der Waals surface area (Å²) in [4.78, 5) is 22.8. The Hall–Kier alpha value is -2.15. The van der Waals surface area contributed by atoms with Crippen molar-refractivity contribution in [1.82, 2.24) is 5.32 Å². The zero-order chi connectivity index (χ0) is 15.7. The molecule has 0 saturated carbocycles. The first kappa shape index (κ1) is 16.9. The fourth-order valence-corrected chi connectivity index (χ4v) is 2.09. The molecule has 0 atom stereocenters. The number of carboxylic acids is 1. The van der Waals surface area contributed by atoms with Crippen LogP contribution >= 0.6 is 11.8 Å². The van der Waals surface area contributed by atoms with Crippen molar-refractivity contribution in [2.24, 2.45) is 0 Å². The molecule has 0 aliphatic heterocycles. The third kappa shape index (κ3) is 5.78. The van der Waals surface area contributed by atoms with Gasteiger partial charge in [0.1, 0.15) is 5.75 Å². The summed E-state index contributed by atoms with van der Waals surface area (Å²) >= 11 is 1.64. The molecule has 0 aromatic heterocycles. The van der Waals surface area contributed by atoms with Crippen LogP contribution in [-0.4, -0.2) is 42.3 Å². The van der Waals surface area contributed by atoms with Gasteiger partial charge in [-0.2, -0.15) is 11.8 Å². The van der Waals surface area contributed by atoms with E-state index in [9.17, 15) is 9.59 Å². The summed E-state index contributed by atoms with van der Waals surface area (Å²) in [6.07, 6.45) is 1.79. The van der Waals surface area contributed by atoms with Gasteiger partial charge in [-0.3, -0.25) is 0 Å². The Morgan fingerprint density at radius 3 is 2.86 bits per heavy atom. The van der Waals surface area contributed by atoms with Gasteiger partial charge >= 0.3 is 12.0 Å². The van der Waals surface area contributed by atoms with Gasteiger partial charge < -0.3 is 20.5 Å². The maximum Gasteiger partial charge on any atom is 0.337 e. The monoisotopic (exact) mass is 310 g/mol. The molecule has 0 aliphatic carbocycles. The van der Waals surface area contributed by atoms with Crippen molar-refractivity contribution in [1.29, 1.82) is 0 Å². The number of hydrogen-bond acceptors (Lipinski definition) is 4. The quantitative estimate of drug-likeness (QED) is 0.507. The van der Waals surface area contributed by atoms with E-state index in [0.29, 0.717) is 12.3 Å². The van der Waals surface area contributed by atoms with Crippen LogP contribution in [0.4, 0.5) is 10.5 Å². The number of hydrogen-bond donors (Lipinski definition) is 3. The number of carbonyl (C=O) groups is 2. The van der Waals surface area contributed by atoms with Crippen molar-refractivity contribution in [3.05, 3.63) is 36.4 Å². The Morgan fingerprint density at radius 1 is 1.48 bits per heavy atom. The lowest BCUT2D eigenvalue weighted by Crippen LogP contribution is -2.31. The Balaban J connectivity index is 2.61. The van der Waals surface area contributed by atoms with Crippen molar-refractivity contribution >= 4 is 29.4 Å². The second-order valence-electron chi connectivity index (χ2n) is 3.96. The predicted octanol–water partition coefficient (Wildman–Crippen LogP) is 2.43. The van der Waals surface area contributed by atoms with E-state index >= 15 is 0 Å². The van der Waals surface area contributed by atoms with E-state index in [2.05, 4.69) is 17.2 Å². The van der Waals surface area contributed by atoms with Gasteiger partial charge in [0, 0.05) is 24.1 Å². The highest BCUT2D eigenvalue weighted by molar-refractivity contribution is 7.99. The second kappa shape index (κ2) is 8.91. The van der Waals surface area contributed by atoms with Crippen molar-refractivity contribution in [3.8, 4) is 5.75 Å². The number of rotatable bonds is 8. The van der Waals surface area contributed by atoms with Gasteiger partial charge in [-0.05, 0) is 12.1 Å². The molecule has 0 heterocycles. The molecule has 1 rings (SSSR count). The fraction of sp³-hybridized carbons (Fsp3) is 0.286. The zero-order valence-electron chi connectivity index (χ0n) is 11.7. The Labute approximate surface area is 127 Å². The number of benzene rings is 1. The molecule has 0 fully saturated rings. The van der Waals surface area contributed by atoms with Crippen molar-refractivity contribution in [2.45, 2.75) is 0 Å². The molecule has 1 aromatic rings. The number of anilines is 1. The molecule has 114 valence electrons. The van der Waals surface area contributed by atoms with Crippen molar-refractivity contribution in [2.75, 3.05) is 30.5 Å². The minimum atomic E-state index is -1.12. The van der Waals surface area contributed by atoms with Crippen LogP contribution in [0.25, 0.3) is 0 Å². The van der Waals surface area contributed by atoms with Crippen LogP contribution in [0.3, 0.4) is 0 Å². The Bertz CT molecular complexity index is 520. The molecule has 0 saturated heterocycles. The lowest BCUT2D eigenvalue weighted by Gasteiger charge is -2.11. The third-order valence-corrected chi connectivity index (χ3v) is 3.44. The van der Waals surface area contributed by atoms with Gasteiger partial charge in [-0.25, -0.2) is 9.59 Å². The first-order valence-electron chi connectivity index (χ1n) is 6.23. The molecule has 0 radical (unpaired) electrons. The van der Waals surface area contributed by atoms with Crippen LogP contribution in [-0.2, 0) is 0 Å². The smallest absolute Gasteiger partial charge is 0.337 e. The van der Waals surface area contributed by atoms with Crippen LogP contribution in [0.2, 0.25) is 0 Å². The van der Waals surface area contributed by atoms with Gasteiger partial charge in [0.05, 0.1) is 18.4 Å². The molecule has 0 spiro atoms. The second-order valence-corrected chi connectivity index (χ2v) is 5.11. The topological polar surface area (TPSA) is 87.7 Å². The first-order chi connectivity index (χ1) is 10.1. The molecule has 1 aromatic carbocycles. The summed E-state index contributed by atoms with van der Waals surface area (Å²) < 4.78 is 5.02. The molecule has 21 heavy (non-hydrogen) atoms. The molecule has 0 aliphatic rings. The standard InChI is InChI=1S/C14H18N2O4S/c1-3-7-21-8-6-15-14(19)16-12-9-10(20-2)4-5-11(12)13(17)18/h3-5,9H,1,6-8H2,2H3,(H,17,18)(H2,15,16,19). The molecule has 2 amide bonds. The molecule has 3 N–H and O–H groups in total. The molecule has 0 bridgehead atoms. The van der Waals surface area contributed by atoms with Gasteiger partial charge in [-0.15, -0.1) is 6.58 Å². The lowest BCUT2D eigenvalue weighted by molar-refractivity contribution is 0.0698. The van der Waals surface area contributed by atoms with E-state index in [1.165, 1.54) is 25.3 Å². The minimum Gasteiger partial charge on any atom is -0.497 e. The van der Waals surface area contributed by atoms with Gasteiger partial charge in [-0.1, -0.05) is 6.08 Å². The number of methoxy groups -OCH3 is 1.